The summed E-state index contributed by atoms with van der Waals surface area (Å²) in [5, 5.41) is 0. The molecule has 2 N–H and O–H groups in total. The van der Waals surface area contributed by atoms with E-state index in [4.69, 9.17) is 5.73 Å². The number of fused-ring (bicyclic) bond motifs is 1. The molecule has 21 heavy (non-hydrogen) atoms. The standard InChI is InChI=1S/C15H21N4O2/c1-17(2)9-8-12-11(15(16)20)10-18(3)13-6-4-5-7-14(13)19(12)21/h4-6,11-12H,8-10H2,1-3H3,(H-,16,20)/p+1. The largest absolute Gasteiger partial charge is 0.369 e. The zero-order valence-corrected chi connectivity index (χ0v) is 12.7. The van der Waals surface area contributed by atoms with Crippen LogP contribution in [0.1, 0.15) is 6.42 Å². The fourth-order valence-electron chi connectivity index (χ4n) is 2.74. The van der Waals surface area contributed by atoms with E-state index in [1.165, 1.54) is 0 Å². The van der Waals surface area contributed by atoms with Gasteiger partial charge in [0.25, 0.3) is 5.69 Å². The lowest BCUT2D eigenvalue weighted by Gasteiger charge is -2.21. The zero-order valence-electron chi connectivity index (χ0n) is 12.7. The molecule has 0 spiro atoms. The van der Waals surface area contributed by atoms with E-state index in [0.29, 0.717) is 18.7 Å². The number of anilines is 1. The molecule has 0 saturated carbocycles. The van der Waals surface area contributed by atoms with Crippen molar-refractivity contribution in [3.8, 4) is 0 Å². The maximum atomic E-state index is 12.7. The number of hydrogen-bond donors (Lipinski definition) is 1. The molecule has 2 atom stereocenters. The molecule has 6 heteroatoms. The molecule has 1 radical (unpaired) electrons. The second-order valence-electron chi connectivity index (χ2n) is 5.78. The Kier molecular flexibility index (Phi) is 4.57. The highest BCUT2D eigenvalue weighted by molar-refractivity contribution is 5.79. The van der Waals surface area contributed by atoms with Crippen LogP contribution in [0.4, 0.5) is 11.4 Å². The molecule has 6 nitrogen and oxygen atoms in total. The van der Waals surface area contributed by atoms with Gasteiger partial charge in [0.1, 0.15) is 11.6 Å². The fourth-order valence-corrected chi connectivity index (χ4v) is 2.74. The summed E-state index contributed by atoms with van der Waals surface area (Å²) in [7, 11) is 5.75. The van der Waals surface area contributed by atoms with E-state index in [0.717, 1.165) is 17.0 Å². The van der Waals surface area contributed by atoms with Crippen molar-refractivity contribution >= 4 is 17.3 Å². The van der Waals surface area contributed by atoms with Crippen molar-refractivity contribution in [2.45, 2.75) is 12.5 Å². The van der Waals surface area contributed by atoms with E-state index in [2.05, 4.69) is 6.07 Å². The van der Waals surface area contributed by atoms with Crippen LogP contribution in [0.25, 0.3) is 0 Å². The molecule has 2 unspecified atom stereocenters. The molecule has 0 aliphatic carbocycles. The quantitative estimate of drug-likeness (QED) is 0.832. The van der Waals surface area contributed by atoms with E-state index in [-0.39, 0.29) is 0 Å². The Morgan fingerprint density at radius 2 is 2.29 bits per heavy atom. The summed E-state index contributed by atoms with van der Waals surface area (Å²) in [4.78, 5) is 28.5. The van der Waals surface area contributed by atoms with Crippen LogP contribution in [-0.2, 0) is 4.79 Å². The number of primary amides is 1. The molecule has 0 aromatic heterocycles. The first kappa shape index (κ1) is 15.4. The van der Waals surface area contributed by atoms with Gasteiger partial charge in [-0.2, -0.15) is 0 Å². The Balaban J connectivity index is 2.39. The number of hydrogen-bond acceptors (Lipinski definition) is 4. The van der Waals surface area contributed by atoms with Crippen LogP contribution in [-0.4, -0.2) is 55.8 Å². The average molecular weight is 290 g/mol. The van der Waals surface area contributed by atoms with Gasteiger partial charge in [0, 0.05) is 36.2 Å². The van der Waals surface area contributed by atoms with Gasteiger partial charge < -0.3 is 15.5 Å². The topological polar surface area (TPSA) is 69.7 Å². The van der Waals surface area contributed by atoms with Gasteiger partial charge in [0.05, 0.1) is 6.07 Å². The molecule has 1 aliphatic rings. The minimum absolute atomic E-state index is 0.431. The summed E-state index contributed by atoms with van der Waals surface area (Å²) in [6.45, 7) is 1.16. The molecule has 1 heterocycles. The Labute approximate surface area is 125 Å². The maximum absolute atomic E-state index is 12.7. The number of benzene rings is 1. The summed E-state index contributed by atoms with van der Waals surface area (Å²) in [6, 6.07) is 7.94. The van der Waals surface area contributed by atoms with E-state index >= 15 is 0 Å². The molecule has 1 amide bonds. The van der Waals surface area contributed by atoms with Crippen molar-refractivity contribution in [3.63, 3.8) is 0 Å². The van der Waals surface area contributed by atoms with Gasteiger partial charge in [-0.25, -0.2) is 0 Å². The lowest BCUT2D eigenvalue weighted by Crippen LogP contribution is -2.44. The van der Waals surface area contributed by atoms with E-state index in [1.54, 1.807) is 6.07 Å². The van der Waals surface area contributed by atoms with Crippen molar-refractivity contribution in [1.29, 1.82) is 0 Å². The van der Waals surface area contributed by atoms with Crippen LogP contribution in [0.5, 0.6) is 0 Å². The fraction of sp³-hybridized carbons (Fsp3) is 0.533. The second-order valence-corrected chi connectivity index (χ2v) is 5.78. The van der Waals surface area contributed by atoms with Gasteiger partial charge in [-0.15, -0.1) is 0 Å². The number of nitroso groups, excluding NO2 is 1. The Morgan fingerprint density at radius 3 is 2.90 bits per heavy atom. The molecule has 0 fully saturated rings. The Morgan fingerprint density at radius 1 is 1.57 bits per heavy atom. The van der Waals surface area contributed by atoms with Crippen LogP contribution >= 0.6 is 0 Å². The number of carbonyl (C=O) groups is 1. The van der Waals surface area contributed by atoms with Gasteiger partial charge in [-0.1, -0.05) is 6.07 Å². The Hall–Kier alpha value is -1.95. The van der Waals surface area contributed by atoms with Crippen molar-refractivity contribution in [3.05, 3.63) is 29.2 Å². The van der Waals surface area contributed by atoms with Crippen molar-refractivity contribution in [2.24, 2.45) is 11.7 Å². The number of para-hydroxylation sites is 1. The number of nitrogens with two attached hydrogens (primary N) is 1. The first-order chi connectivity index (χ1) is 9.91. The van der Waals surface area contributed by atoms with Crippen molar-refractivity contribution in [2.75, 3.05) is 39.1 Å². The van der Waals surface area contributed by atoms with Gasteiger partial charge in [-0.05, 0) is 26.2 Å². The number of amides is 1. The van der Waals surface area contributed by atoms with Crippen LogP contribution in [0, 0.1) is 16.9 Å². The third-order valence-electron chi connectivity index (χ3n) is 3.92. The van der Waals surface area contributed by atoms with Crippen molar-refractivity contribution < 1.29 is 9.55 Å². The van der Waals surface area contributed by atoms with Gasteiger partial charge in [0.15, 0.2) is 0 Å². The number of nitrogens with zero attached hydrogens (tertiary/aromatic N) is 3. The van der Waals surface area contributed by atoms with E-state index in [9.17, 15) is 9.70 Å². The highest BCUT2D eigenvalue weighted by Crippen LogP contribution is 2.34. The lowest BCUT2D eigenvalue weighted by atomic mass is 9.95. The minimum Gasteiger partial charge on any atom is -0.369 e. The molecule has 0 bridgehead atoms. The van der Waals surface area contributed by atoms with Crippen LogP contribution < -0.4 is 10.6 Å². The molecule has 1 aromatic carbocycles. The molecular formula is C15H22N4O2+. The van der Waals surface area contributed by atoms with Crippen molar-refractivity contribution in [1.82, 2.24) is 4.90 Å². The second kappa shape index (κ2) is 6.22. The van der Waals surface area contributed by atoms with E-state index in [1.807, 2.05) is 43.1 Å². The predicted octanol–water partition coefficient (Wildman–Crippen LogP) is 0.769. The van der Waals surface area contributed by atoms with Gasteiger partial charge in [0.2, 0.25) is 11.9 Å². The van der Waals surface area contributed by atoms with E-state index < -0.39 is 17.9 Å². The summed E-state index contributed by atoms with van der Waals surface area (Å²) >= 11 is 0. The van der Waals surface area contributed by atoms with Crippen LogP contribution in [0.15, 0.2) is 18.2 Å². The smallest absolute Gasteiger partial charge is 0.287 e. The third-order valence-corrected chi connectivity index (χ3v) is 3.92. The third kappa shape index (κ3) is 3.21. The van der Waals surface area contributed by atoms with Crippen LogP contribution in [0.2, 0.25) is 0 Å². The summed E-state index contributed by atoms with van der Waals surface area (Å²) in [5.74, 6) is -0.937. The Bertz CT molecular complexity index is 544. The number of carbonyl (C=O) groups excluding carboxylic acids is 1. The first-order valence-electron chi connectivity index (χ1n) is 7.04. The SMILES string of the molecule is CN(C)CCC1C(C(N)=O)CN(C)c2ccc[c]c2[N+]1=O. The molecule has 1 aromatic rings. The minimum atomic E-state index is -0.506. The van der Waals surface area contributed by atoms with Gasteiger partial charge in [-0.3, -0.25) is 4.79 Å². The normalized spacial score (nSPS) is 22.1. The predicted molar refractivity (Wildman–Crippen MR) is 81.5 cm³/mol. The maximum Gasteiger partial charge on any atom is 0.287 e. The monoisotopic (exact) mass is 290 g/mol. The lowest BCUT2D eigenvalue weighted by molar-refractivity contribution is -0.512. The highest BCUT2D eigenvalue weighted by atomic mass is 16.3. The summed E-state index contributed by atoms with van der Waals surface area (Å²) < 4.78 is 0.914. The van der Waals surface area contributed by atoms with Gasteiger partial charge >= 0.3 is 0 Å². The molecule has 2 rings (SSSR count). The molecule has 0 saturated heterocycles. The molecule has 1 aliphatic heterocycles. The summed E-state index contributed by atoms with van der Waals surface area (Å²) in [5.41, 5.74) is 6.80. The molecular weight excluding hydrogens is 268 g/mol. The highest BCUT2D eigenvalue weighted by Gasteiger charge is 2.44. The summed E-state index contributed by atoms with van der Waals surface area (Å²) in [6.07, 6.45) is 0.583. The first-order valence-corrected chi connectivity index (χ1v) is 7.04. The average Bonchev–Trinajstić information content (AvgIpc) is 2.54. The molecule has 113 valence electrons. The number of rotatable bonds is 4. The van der Waals surface area contributed by atoms with Crippen LogP contribution in [0.3, 0.4) is 0 Å². The zero-order chi connectivity index (χ0) is 15.6.